The zero-order chi connectivity index (χ0) is 8.97. The van der Waals surface area contributed by atoms with Crippen molar-refractivity contribution in [3.63, 3.8) is 0 Å². The summed E-state index contributed by atoms with van der Waals surface area (Å²) >= 11 is 0. The summed E-state index contributed by atoms with van der Waals surface area (Å²) in [5.41, 5.74) is 5.39. The Bertz CT molecular complexity index is 160. The van der Waals surface area contributed by atoms with Crippen molar-refractivity contribution in [2.45, 2.75) is 32.0 Å². The molecule has 0 spiro atoms. The molecular formula is C8H15NO3. The molecule has 12 heavy (non-hydrogen) atoms. The van der Waals surface area contributed by atoms with Crippen molar-refractivity contribution in [1.82, 2.24) is 0 Å². The normalized spacial score (nSPS) is 28.8. The molecule has 1 aliphatic rings. The molecule has 0 aromatic rings. The van der Waals surface area contributed by atoms with Gasteiger partial charge in [-0.1, -0.05) is 0 Å². The minimum atomic E-state index is -0.376. The van der Waals surface area contributed by atoms with Crippen LogP contribution in [0.1, 0.15) is 19.8 Å². The standard InChI is InChI=1S/C8H15NO3/c1-2-11-8(10)7-4-3-6(5-9)12-7/h6-7H,2-5,9H2,1H3. The summed E-state index contributed by atoms with van der Waals surface area (Å²) in [5, 5.41) is 0. The van der Waals surface area contributed by atoms with Crippen molar-refractivity contribution < 1.29 is 14.3 Å². The molecule has 0 aliphatic carbocycles. The fourth-order valence-electron chi connectivity index (χ4n) is 1.29. The van der Waals surface area contributed by atoms with E-state index in [0.29, 0.717) is 13.2 Å². The lowest BCUT2D eigenvalue weighted by Gasteiger charge is -2.10. The lowest BCUT2D eigenvalue weighted by molar-refractivity contribution is -0.155. The zero-order valence-electron chi connectivity index (χ0n) is 7.29. The molecule has 1 aliphatic heterocycles. The third-order valence-corrected chi connectivity index (χ3v) is 1.92. The molecule has 0 amide bonds. The molecule has 4 nitrogen and oxygen atoms in total. The molecule has 2 unspecified atom stereocenters. The van der Waals surface area contributed by atoms with Crippen LogP contribution in [-0.2, 0) is 14.3 Å². The highest BCUT2D eigenvalue weighted by atomic mass is 16.6. The first-order valence-electron chi connectivity index (χ1n) is 4.30. The quantitative estimate of drug-likeness (QED) is 0.613. The first kappa shape index (κ1) is 9.48. The lowest BCUT2D eigenvalue weighted by Crippen LogP contribution is -2.26. The average Bonchev–Trinajstić information content (AvgIpc) is 2.52. The number of hydrogen-bond acceptors (Lipinski definition) is 4. The third kappa shape index (κ3) is 2.19. The Kier molecular flexibility index (Phi) is 3.49. The van der Waals surface area contributed by atoms with E-state index >= 15 is 0 Å². The van der Waals surface area contributed by atoms with Crippen LogP contribution in [0, 0.1) is 0 Å². The number of carbonyl (C=O) groups is 1. The molecule has 0 saturated carbocycles. The van der Waals surface area contributed by atoms with Crippen molar-refractivity contribution in [1.29, 1.82) is 0 Å². The van der Waals surface area contributed by atoms with Crippen LogP contribution in [0.3, 0.4) is 0 Å². The minimum Gasteiger partial charge on any atom is -0.464 e. The van der Waals surface area contributed by atoms with Gasteiger partial charge in [0.25, 0.3) is 0 Å². The van der Waals surface area contributed by atoms with Crippen LogP contribution in [0.5, 0.6) is 0 Å². The van der Waals surface area contributed by atoms with Gasteiger partial charge in [0.15, 0.2) is 6.10 Å². The average molecular weight is 173 g/mol. The van der Waals surface area contributed by atoms with E-state index < -0.39 is 0 Å². The second-order valence-electron chi connectivity index (χ2n) is 2.81. The van der Waals surface area contributed by atoms with Gasteiger partial charge in [0, 0.05) is 6.54 Å². The number of ether oxygens (including phenoxy) is 2. The lowest BCUT2D eigenvalue weighted by atomic mass is 10.2. The zero-order valence-corrected chi connectivity index (χ0v) is 7.29. The highest BCUT2D eigenvalue weighted by Gasteiger charge is 2.30. The molecule has 0 aromatic heterocycles. The van der Waals surface area contributed by atoms with Crippen LogP contribution in [0.2, 0.25) is 0 Å². The van der Waals surface area contributed by atoms with Crippen LogP contribution in [0.15, 0.2) is 0 Å². The summed E-state index contributed by atoms with van der Waals surface area (Å²) < 4.78 is 10.1. The molecule has 0 bridgehead atoms. The Balaban J connectivity index is 2.31. The van der Waals surface area contributed by atoms with Crippen LogP contribution < -0.4 is 5.73 Å². The maximum Gasteiger partial charge on any atom is 0.335 e. The van der Waals surface area contributed by atoms with Crippen LogP contribution in [0.4, 0.5) is 0 Å². The third-order valence-electron chi connectivity index (χ3n) is 1.92. The summed E-state index contributed by atoms with van der Waals surface area (Å²) in [7, 11) is 0. The van der Waals surface area contributed by atoms with Gasteiger partial charge < -0.3 is 15.2 Å². The highest BCUT2D eigenvalue weighted by Crippen LogP contribution is 2.19. The molecule has 1 fully saturated rings. The number of rotatable bonds is 3. The number of esters is 1. The molecule has 0 aromatic carbocycles. The molecule has 4 heteroatoms. The summed E-state index contributed by atoms with van der Waals surface area (Å²) in [6, 6.07) is 0. The largest absolute Gasteiger partial charge is 0.464 e. The Morgan fingerprint density at radius 1 is 1.67 bits per heavy atom. The molecule has 2 N–H and O–H groups in total. The van der Waals surface area contributed by atoms with Gasteiger partial charge in [-0.05, 0) is 19.8 Å². The molecule has 1 heterocycles. The van der Waals surface area contributed by atoms with Gasteiger partial charge in [0.1, 0.15) is 0 Å². The molecule has 2 atom stereocenters. The Hall–Kier alpha value is -0.610. The van der Waals surface area contributed by atoms with Gasteiger partial charge in [-0.3, -0.25) is 0 Å². The first-order valence-corrected chi connectivity index (χ1v) is 4.30. The maximum atomic E-state index is 11.1. The Labute approximate surface area is 72.0 Å². The van der Waals surface area contributed by atoms with E-state index in [2.05, 4.69) is 0 Å². The Morgan fingerprint density at radius 2 is 2.42 bits per heavy atom. The summed E-state index contributed by atoms with van der Waals surface area (Å²) in [5.74, 6) is -0.256. The second-order valence-corrected chi connectivity index (χ2v) is 2.81. The van der Waals surface area contributed by atoms with Gasteiger partial charge in [0.05, 0.1) is 12.7 Å². The first-order chi connectivity index (χ1) is 5.77. The topological polar surface area (TPSA) is 61.5 Å². The van der Waals surface area contributed by atoms with E-state index in [9.17, 15) is 4.79 Å². The van der Waals surface area contributed by atoms with Crippen LogP contribution in [-0.4, -0.2) is 31.3 Å². The van der Waals surface area contributed by atoms with E-state index in [1.54, 1.807) is 6.92 Å². The second kappa shape index (κ2) is 4.42. The number of hydrogen-bond donors (Lipinski definition) is 1. The SMILES string of the molecule is CCOC(=O)C1CCC(CN)O1. The molecule has 1 saturated heterocycles. The van der Waals surface area contributed by atoms with Crippen molar-refractivity contribution >= 4 is 5.97 Å². The predicted octanol–water partition coefficient (Wildman–Crippen LogP) is 0.0558. The van der Waals surface area contributed by atoms with Gasteiger partial charge in [-0.15, -0.1) is 0 Å². The van der Waals surface area contributed by atoms with Gasteiger partial charge in [0.2, 0.25) is 0 Å². The van der Waals surface area contributed by atoms with Gasteiger partial charge >= 0.3 is 5.97 Å². The van der Waals surface area contributed by atoms with E-state index in [1.165, 1.54) is 0 Å². The fraction of sp³-hybridized carbons (Fsp3) is 0.875. The fourth-order valence-corrected chi connectivity index (χ4v) is 1.29. The minimum absolute atomic E-state index is 0.0411. The van der Waals surface area contributed by atoms with Gasteiger partial charge in [-0.2, -0.15) is 0 Å². The smallest absolute Gasteiger partial charge is 0.335 e. The molecular weight excluding hydrogens is 158 g/mol. The van der Waals surface area contributed by atoms with Crippen molar-refractivity contribution in [2.75, 3.05) is 13.2 Å². The molecule has 1 rings (SSSR count). The van der Waals surface area contributed by atoms with Crippen LogP contribution in [0.25, 0.3) is 0 Å². The predicted molar refractivity (Wildman–Crippen MR) is 43.6 cm³/mol. The van der Waals surface area contributed by atoms with E-state index in [0.717, 1.165) is 12.8 Å². The summed E-state index contributed by atoms with van der Waals surface area (Å²) in [4.78, 5) is 11.1. The molecule has 0 radical (unpaired) electrons. The maximum absolute atomic E-state index is 11.1. The summed E-state index contributed by atoms with van der Waals surface area (Å²) in [6.07, 6.45) is 1.26. The Morgan fingerprint density at radius 3 is 2.92 bits per heavy atom. The molecule has 70 valence electrons. The number of carbonyl (C=O) groups excluding carboxylic acids is 1. The van der Waals surface area contributed by atoms with Crippen LogP contribution >= 0.6 is 0 Å². The van der Waals surface area contributed by atoms with Crippen molar-refractivity contribution in [2.24, 2.45) is 5.73 Å². The monoisotopic (exact) mass is 173 g/mol. The number of nitrogens with two attached hydrogens (primary N) is 1. The summed E-state index contributed by atoms with van der Waals surface area (Å²) in [6.45, 7) is 2.68. The van der Waals surface area contributed by atoms with E-state index in [1.807, 2.05) is 0 Å². The van der Waals surface area contributed by atoms with Gasteiger partial charge in [-0.25, -0.2) is 4.79 Å². The van der Waals surface area contributed by atoms with Crippen molar-refractivity contribution in [3.05, 3.63) is 0 Å². The highest BCUT2D eigenvalue weighted by molar-refractivity contribution is 5.74. The van der Waals surface area contributed by atoms with E-state index in [-0.39, 0.29) is 18.2 Å². The van der Waals surface area contributed by atoms with E-state index in [4.69, 9.17) is 15.2 Å². The van der Waals surface area contributed by atoms with Crippen molar-refractivity contribution in [3.8, 4) is 0 Å².